The van der Waals surface area contributed by atoms with Crippen molar-refractivity contribution in [2.24, 2.45) is 0 Å². The van der Waals surface area contributed by atoms with Crippen LogP contribution in [-0.2, 0) is 19.1 Å². The number of likely N-dealkylation sites (N-methyl/N-ethyl adjacent to an activating group) is 1. The summed E-state index contributed by atoms with van der Waals surface area (Å²) in [6, 6.07) is 5.81. The van der Waals surface area contributed by atoms with Crippen LogP contribution < -0.4 is 10.1 Å². The van der Waals surface area contributed by atoms with Crippen molar-refractivity contribution in [3.8, 4) is 5.75 Å². The number of nitrogens with one attached hydrogen (secondary N) is 1. The van der Waals surface area contributed by atoms with Crippen molar-refractivity contribution in [2.75, 3.05) is 26.8 Å². The third-order valence-corrected chi connectivity index (χ3v) is 4.01. The first kappa shape index (κ1) is 18.8. The van der Waals surface area contributed by atoms with E-state index in [1.807, 2.05) is 26.0 Å². The van der Waals surface area contributed by atoms with E-state index in [0.29, 0.717) is 5.75 Å². The number of amides is 2. The van der Waals surface area contributed by atoms with E-state index in [1.165, 1.54) is 11.9 Å². The first-order valence-corrected chi connectivity index (χ1v) is 8.24. The fourth-order valence-electron chi connectivity index (χ4n) is 2.12. The number of benzene rings is 1. The van der Waals surface area contributed by atoms with Gasteiger partial charge in [-0.15, -0.1) is 0 Å². The minimum Gasteiger partial charge on any atom is -0.482 e. The van der Waals surface area contributed by atoms with E-state index in [0.717, 1.165) is 24.0 Å². The Morgan fingerprint density at radius 1 is 1.20 bits per heavy atom. The number of nitrogens with zero attached hydrogens (tertiary/aromatic N) is 1. The average Bonchev–Trinajstić information content (AvgIpc) is 3.37. The van der Waals surface area contributed by atoms with E-state index in [-0.39, 0.29) is 25.1 Å². The number of hydrogen-bond donors (Lipinski definition) is 1. The van der Waals surface area contributed by atoms with Crippen molar-refractivity contribution in [1.82, 2.24) is 10.2 Å². The fourth-order valence-corrected chi connectivity index (χ4v) is 2.12. The van der Waals surface area contributed by atoms with Crippen molar-refractivity contribution < 1.29 is 23.9 Å². The third-order valence-electron chi connectivity index (χ3n) is 4.01. The second-order valence-electron chi connectivity index (χ2n) is 6.24. The molecule has 1 aromatic carbocycles. The Morgan fingerprint density at radius 2 is 1.92 bits per heavy atom. The third kappa shape index (κ3) is 6.10. The highest BCUT2D eigenvalue weighted by atomic mass is 16.6. The molecule has 0 heterocycles. The molecule has 0 saturated heterocycles. The maximum Gasteiger partial charge on any atom is 0.344 e. The number of aryl methyl sites for hydroxylation is 1. The van der Waals surface area contributed by atoms with Crippen molar-refractivity contribution in [2.45, 2.75) is 32.7 Å². The number of rotatable bonds is 8. The van der Waals surface area contributed by atoms with Gasteiger partial charge in [0.2, 0.25) is 5.91 Å². The van der Waals surface area contributed by atoms with Gasteiger partial charge in [0.05, 0.1) is 6.54 Å². The van der Waals surface area contributed by atoms with Crippen LogP contribution in [0.4, 0.5) is 0 Å². The predicted octanol–water partition coefficient (Wildman–Crippen LogP) is 0.962. The summed E-state index contributed by atoms with van der Waals surface area (Å²) < 4.78 is 10.3. The second kappa shape index (κ2) is 8.50. The largest absolute Gasteiger partial charge is 0.482 e. The zero-order chi connectivity index (χ0) is 18.4. The number of hydrogen-bond acceptors (Lipinski definition) is 5. The number of carbonyl (C=O) groups excluding carboxylic acids is 3. The molecular weight excluding hydrogens is 324 g/mol. The quantitative estimate of drug-likeness (QED) is 0.708. The molecular formula is C18H24N2O5. The summed E-state index contributed by atoms with van der Waals surface area (Å²) in [6.45, 7) is 3.12. The molecule has 0 unspecified atom stereocenters. The molecule has 2 amide bonds. The zero-order valence-electron chi connectivity index (χ0n) is 14.8. The second-order valence-corrected chi connectivity index (χ2v) is 6.24. The molecule has 0 aromatic heterocycles. The monoisotopic (exact) mass is 348 g/mol. The van der Waals surface area contributed by atoms with Crippen molar-refractivity contribution >= 4 is 17.8 Å². The van der Waals surface area contributed by atoms with Crippen LogP contribution in [0.2, 0.25) is 0 Å². The van der Waals surface area contributed by atoms with E-state index in [4.69, 9.17) is 9.47 Å². The maximum absolute atomic E-state index is 11.9. The van der Waals surface area contributed by atoms with Crippen LogP contribution in [0.1, 0.15) is 24.0 Å². The maximum atomic E-state index is 11.9. The summed E-state index contributed by atoms with van der Waals surface area (Å²) in [5.41, 5.74) is 2.01. The topological polar surface area (TPSA) is 84.9 Å². The van der Waals surface area contributed by atoms with Crippen LogP contribution in [0.5, 0.6) is 5.75 Å². The lowest BCUT2D eigenvalue weighted by atomic mass is 10.1. The van der Waals surface area contributed by atoms with Gasteiger partial charge < -0.3 is 19.7 Å². The molecule has 1 aliphatic carbocycles. The molecule has 1 aromatic rings. The van der Waals surface area contributed by atoms with Crippen LogP contribution in [-0.4, -0.2) is 55.5 Å². The van der Waals surface area contributed by atoms with Crippen molar-refractivity contribution in [1.29, 1.82) is 0 Å². The molecule has 136 valence electrons. The molecule has 1 saturated carbocycles. The Labute approximate surface area is 147 Å². The van der Waals surface area contributed by atoms with Gasteiger partial charge >= 0.3 is 5.97 Å². The van der Waals surface area contributed by atoms with Crippen LogP contribution in [0.15, 0.2) is 18.2 Å². The Balaban J connectivity index is 1.68. The summed E-state index contributed by atoms with van der Waals surface area (Å²) in [7, 11) is 1.50. The van der Waals surface area contributed by atoms with E-state index in [9.17, 15) is 14.4 Å². The highest BCUT2D eigenvalue weighted by molar-refractivity contribution is 5.86. The molecule has 0 radical (unpaired) electrons. The fraction of sp³-hybridized carbons (Fsp3) is 0.500. The van der Waals surface area contributed by atoms with Gasteiger partial charge in [-0.1, -0.05) is 12.1 Å². The Morgan fingerprint density at radius 3 is 2.60 bits per heavy atom. The summed E-state index contributed by atoms with van der Waals surface area (Å²) in [5.74, 6) is -0.670. The average molecular weight is 348 g/mol. The van der Waals surface area contributed by atoms with Gasteiger partial charge in [-0.2, -0.15) is 0 Å². The normalized spacial score (nSPS) is 13.1. The standard InChI is InChI=1S/C18H24N2O5/c1-12-5-4-6-15(13(12)2)24-11-18(23)25-10-17(22)20(3)9-16(21)19-14-7-8-14/h4-6,14H,7-11H2,1-3H3,(H,19,21). The van der Waals surface area contributed by atoms with Crippen molar-refractivity contribution in [3.05, 3.63) is 29.3 Å². The van der Waals surface area contributed by atoms with Crippen LogP contribution in [0.3, 0.4) is 0 Å². The molecule has 7 heteroatoms. The lowest BCUT2D eigenvalue weighted by Crippen LogP contribution is -2.40. The van der Waals surface area contributed by atoms with Gasteiger partial charge in [0.25, 0.3) is 5.91 Å². The molecule has 1 aliphatic rings. The summed E-state index contributed by atoms with van der Waals surface area (Å²) in [6.07, 6.45) is 1.98. The number of carbonyl (C=O) groups is 3. The molecule has 1 fully saturated rings. The van der Waals surface area contributed by atoms with E-state index >= 15 is 0 Å². The van der Waals surface area contributed by atoms with E-state index in [2.05, 4.69) is 5.32 Å². The van der Waals surface area contributed by atoms with Gasteiger partial charge in [0, 0.05) is 13.1 Å². The van der Waals surface area contributed by atoms with Crippen molar-refractivity contribution in [3.63, 3.8) is 0 Å². The molecule has 0 aliphatic heterocycles. The van der Waals surface area contributed by atoms with E-state index in [1.54, 1.807) is 6.07 Å². The van der Waals surface area contributed by atoms with Gasteiger partial charge in [-0.3, -0.25) is 9.59 Å². The molecule has 1 N–H and O–H groups in total. The highest BCUT2D eigenvalue weighted by Gasteiger charge is 2.24. The zero-order valence-corrected chi connectivity index (χ0v) is 14.8. The Hall–Kier alpha value is -2.57. The van der Waals surface area contributed by atoms with Crippen LogP contribution in [0.25, 0.3) is 0 Å². The van der Waals surface area contributed by atoms with Gasteiger partial charge in [-0.25, -0.2) is 4.79 Å². The lowest BCUT2D eigenvalue weighted by Gasteiger charge is -2.16. The smallest absolute Gasteiger partial charge is 0.344 e. The summed E-state index contributed by atoms with van der Waals surface area (Å²) in [5, 5.41) is 2.79. The molecule has 0 atom stereocenters. The molecule has 2 rings (SSSR count). The number of esters is 1. The van der Waals surface area contributed by atoms with Gasteiger partial charge in [0.1, 0.15) is 5.75 Å². The van der Waals surface area contributed by atoms with Gasteiger partial charge in [0.15, 0.2) is 13.2 Å². The Bertz CT molecular complexity index is 655. The predicted molar refractivity (Wildman–Crippen MR) is 91.2 cm³/mol. The first-order chi connectivity index (χ1) is 11.9. The molecule has 0 bridgehead atoms. The van der Waals surface area contributed by atoms with Gasteiger partial charge in [-0.05, 0) is 43.9 Å². The Kier molecular flexibility index (Phi) is 6.38. The summed E-state index contributed by atoms with van der Waals surface area (Å²) in [4.78, 5) is 36.5. The summed E-state index contributed by atoms with van der Waals surface area (Å²) >= 11 is 0. The molecule has 7 nitrogen and oxygen atoms in total. The minimum atomic E-state index is -0.634. The molecule has 25 heavy (non-hydrogen) atoms. The first-order valence-electron chi connectivity index (χ1n) is 8.24. The number of ether oxygens (including phenoxy) is 2. The van der Waals surface area contributed by atoms with Crippen LogP contribution >= 0.6 is 0 Å². The highest BCUT2D eigenvalue weighted by Crippen LogP contribution is 2.20. The van der Waals surface area contributed by atoms with Crippen LogP contribution in [0, 0.1) is 13.8 Å². The SMILES string of the molecule is Cc1cccc(OCC(=O)OCC(=O)N(C)CC(=O)NC2CC2)c1C. The van der Waals surface area contributed by atoms with E-state index < -0.39 is 18.5 Å². The molecule has 0 spiro atoms. The minimum absolute atomic E-state index is 0.0497. The lowest BCUT2D eigenvalue weighted by molar-refractivity contribution is -0.153.